The second kappa shape index (κ2) is 3.57. The quantitative estimate of drug-likeness (QED) is 0.806. The Morgan fingerprint density at radius 1 is 1.57 bits per heavy atom. The predicted molar refractivity (Wildman–Crippen MR) is 54.0 cm³/mol. The van der Waals surface area contributed by atoms with E-state index in [0.29, 0.717) is 0 Å². The monoisotopic (exact) mass is 191 g/mol. The molecule has 0 aromatic carbocycles. The fourth-order valence-electron chi connectivity index (χ4n) is 1.31. The Balaban J connectivity index is 1.94. The maximum Gasteiger partial charge on any atom is 0.169 e. The molecule has 4 heteroatoms. The lowest BCUT2D eigenvalue weighted by molar-refractivity contribution is 0.399. The molecule has 74 valence electrons. The Morgan fingerprint density at radius 3 is 3.00 bits per heavy atom. The molecule has 2 aromatic heterocycles. The molecule has 0 radical (unpaired) electrons. The zero-order valence-electron chi connectivity index (χ0n) is 8.32. The summed E-state index contributed by atoms with van der Waals surface area (Å²) in [5.41, 5.74) is 1.23. The highest BCUT2D eigenvalue weighted by atomic mass is 16.5. The highest BCUT2D eigenvalue weighted by molar-refractivity contribution is 5.34. The minimum atomic E-state index is 0.771. The van der Waals surface area contributed by atoms with Gasteiger partial charge in [0.2, 0.25) is 0 Å². The van der Waals surface area contributed by atoms with Crippen LogP contribution >= 0.6 is 0 Å². The van der Waals surface area contributed by atoms with Crippen LogP contribution in [0.4, 0.5) is 5.82 Å². The normalized spacial score (nSPS) is 10.4. The van der Waals surface area contributed by atoms with Crippen LogP contribution in [-0.4, -0.2) is 9.72 Å². The number of nitrogens with one attached hydrogen (secondary N) is 1. The molecule has 2 heterocycles. The van der Waals surface area contributed by atoms with Crippen LogP contribution in [0, 0.1) is 6.92 Å². The fraction of sp³-hybridized carbons (Fsp3) is 0.300. The average molecular weight is 191 g/mol. The van der Waals surface area contributed by atoms with Crippen LogP contribution in [0.1, 0.15) is 11.3 Å². The molecule has 0 atom stereocenters. The molecule has 0 saturated heterocycles. The Bertz CT molecular complexity index is 376. The molecule has 2 rings (SSSR count). The first-order valence-electron chi connectivity index (χ1n) is 4.52. The van der Waals surface area contributed by atoms with Crippen molar-refractivity contribution in [3.05, 3.63) is 35.9 Å². The van der Waals surface area contributed by atoms with Crippen LogP contribution in [0.25, 0.3) is 0 Å². The molecule has 0 aliphatic carbocycles. The number of nitrogens with zero attached hydrogens (tertiary/aromatic N) is 2. The van der Waals surface area contributed by atoms with Crippen molar-refractivity contribution < 1.29 is 4.52 Å². The molecule has 0 fully saturated rings. The van der Waals surface area contributed by atoms with E-state index in [1.165, 1.54) is 5.56 Å². The second-order valence-electron chi connectivity index (χ2n) is 3.36. The number of aryl methyl sites for hydroxylation is 2. The van der Waals surface area contributed by atoms with Gasteiger partial charge < -0.3 is 14.4 Å². The van der Waals surface area contributed by atoms with Crippen LogP contribution < -0.4 is 5.32 Å². The maximum atomic E-state index is 4.94. The minimum Gasteiger partial charge on any atom is -0.363 e. The summed E-state index contributed by atoms with van der Waals surface area (Å²) < 4.78 is 6.96. The number of aromatic nitrogens is 2. The third kappa shape index (κ3) is 1.96. The Morgan fingerprint density at radius 2 is 2.43 bits per heavy atom. The van der Waals surface area contributed by atoms with Crippen molar-refractivity contribution in [3.63, 3.8) is 0 Å². The molecule has 0 bridgehead atoms. The molecule has 0 aliphatic rings. The van der Waals surface area contributed by atoms with Crippen molar-refractivity contribution in [2.45, 2.75) is 13.5 Å². The van der Waals surface area contributed by atoms with Gasteiger partial charge in [0.05, 0.1) is 0 Å². The number of anilines is 1. The third-order valence-corrected chi connectivity index (χ3v) is 1.99. The summed E-state index contributed by atoms with van der Waals surface area (Å²) in [5.74, 6) is 1.60. The summed E-state index contributed by atoms with van der Waals surface area (Å²) in [6, 6.07) is 3.95. The van der Waals surface area contributed by atoms with E-state index in [1.54, 1.807) is 0 Å². The first kappa shape index (κ1) is 8.87. The molecule has 0 amide bonds. The third-order valence-electron chi connectivity index (χ3n) is 1.99. The van der Waals surface area contributed by atoms with Gasteiger partial charge in [-0.05, 0) is 18.6 Å². The Kier molecular flexibility index (Phi) is 2.26. The highest BCUT2D eigenvalue weighted by Crippen LogP contribution is 2.09. The van der Waals surface area contributed by atoms with E-state index >= 15 is 0 Å². The van der Waals surface area contributed by atoms with Gasteiger partial charge in [-0.15, -0.1) is 0 Å². The van der Waals surface area contributed by atoms with Gasteiger partial charge in [0.1, 0.15) is 5.76 Å². The molecular formula is C10H13N3O. The summed E-state index contributed by atoms with van der Waals surface area (Å²) in [6.07, 6.45) is 4.09. The lowest BCUT2D eigenvalue weighted by atomic mass is 10.3. The first-order valence-corrected chi connectivity index (χ1v) is 4.52. The molecule has 14 heavy (non-hydrogen) atoms. The van der Waals surface area contributed by atoms with E-state index in [9.17, 15) is 0 Å². The smallest absolute Gasteiger partial charge is 0.169 e. The number of hydrogen-bond acceptors (Lipinski definition) is 3. The van der Waals surface area contributed by atoms with Gasteiger partial charge in [-0.2, -0.15) is 0 Å². The summed E-state index contributed by atoms with van der Waals surface area (Å²) in [4.78, 5) is 0. The zero-order valence-corrected chi connectivity index (χ0v) is 8.32. The van der Waals surface area contributed by atoms with Gasteiger partial charge in [-0.25, -0.2) is 0 Å². The van der Waals surface area contributed by atoms with E-state index in [0.717, 1.165) is 18.1 Å². The number of hydrogen-bond donors (Lipinski definition) is 1. The van der Waals surface area contributed by atoms with Crippen LogP contribution in [0.15, 0.2) is 29.0 Å². The molecule has 0 saturated carbocycles. The van der Waals surface area contributed by atoms with Crippen molar-refractivity contribution in [1.82, 2.24) is 9.72 Å². The van der Waals surface area contributed by atoms with E-state index in [4.69, 9.17) is 4.52 Å². The van der Waals surface area contributed by atoms with Gasteiger partial charge in [0, 0.05) is 32.1 Å². The largest absolute Gasteiger partial charge is 0.363 e. The van der Waals surface area contributed by atoms with Gasteiger partial charge in [-0.3, -0.25) is 0 Å². The van der Waals surface area contributed by atoms with E-state index in [2.05, 4.69) is 22.7 Å². The predicted octanol–water partition coefficient (Wildman–Crippen LogP) is 1.93. The summed E-state index contributed by atoms with van der Waals surface area (Å²) in [6.45, 7) is 2.65. The van der Waals surface area contributed by atoms with Gasteiger partial charge in [-0.1, -0.05) is 5.16 Å². The van der Waals surface area contributed by atoms with Crippen molar-refractivity contribution in [3.8, 4) is 0 Å². The van der Waals surface area contributed by atoms with Gasteiger partial charge in [0.15, 0.2) is 5.82 Å². The first-order chi connectivity index (χ1) is 6.74. The van der Waals surface area contributed by atoms with E-state index in [-0.39, 0.29) is 0 Å². The van der Waals surface area contributed by atoms with Crippen LogP contribution in [0.3, 0.4) is 0 Å². The van der Waals surface area contributed by atoms with E-state index in [1.807, 2.05) is 30.8 Å². The second-order valence-corrected chi connectivity index (χ2v) is 3.36. The maximum absolute atomic E-state index is 4.94. The van der Waals surface area contributed by atoms with Crippen molar-refractivity contribution in [2.75, 3.05) is 5.32 Å². The average Bonchev–Trinajstić information content (AvgIpc) is 2.72. The van der Waals surface area contributed by atoms with E-state index < -0.39 is 0 Å². The van der Waals surface area contributed by atoms with Crippen LogP contribution in [-0.2, 0) is 13.6 Å². The van der Waals surface area contributed by atoms with Crippen molar-refractivity contribution in [1.29, 1.82) is 0 Å². The Labute approximate surface area is 82.5 Å². The fourth-order valence-corrected chi connectivity index (χ4v) is 1.31. The molecule has 0 unspecified atom stereocenters. The Hall–Kier alpha value is -1.71. The van der Waals surface area contributed by atoms with Crippen LogP contribution in [0.5, 0.6) is 0 Å². The summed E-state index contributed by atoms with van der Waals surface area (Å²) >= 11 is 0. The SMILES string of the molecule is Cc1cc(NCc2ccn(C)c2)no1. The molecule has 2 aromatic rings. The lowest BCUT2D eigenvalue weighted by Crippen LogP contribution is -1.98. The zero-order chi connectivity index (χ0) is 9.97. The molecule has 4 nitrogen and oxygen atoms in total. The molecule has 0 aliphatic heterocycles. The van der Waals surface area contributed by atoms with Crippen molar-refractivity contribution >= 4 is 5.82 Å². The minimum absolute atomic E-state index is 0.771. The number of rotatable bonds is 3. The van der Waals surface area contributed by atoms with Gasteiger partial charge in [0.25, 0.3) is 0 Å². The highest BCUT2D eigenvalue weighted by Gasteiger charge is 1.99. The van der Waals surface area contributed by atoms with Crippen molar-refractivity contribution in [2.24, 2.45) is 7.05 Å². The lowest BCUT2D eigenvalue weighted by Gasteiger charge is -1.98. The van der Waals surface area contributed by atoms with Gasteiger partial charge >= 0.3 is 0 Å². The molecular weight excluding hydrogens is 178 g/mol. The summed E-state index contributed by atoms with van der Waals surface area (Å²) in [7, 11) is 2.00. The molecule has 0 spiro atoms. The molecule has 1 N–H and O–H groups in total. The summed E-state index contributed by atoms with van der Waals surface area (Å²) in [5, 5.41) is 7.02. The topological polar surface area (TPSA) is 43.0 Å². The standard InChI is InChI=1S/C10H13N3O/c1-8-5-10(12-14-8)11-6-9-3-4-13(2)7-9/h3-5,7H,6H2,1-2H3,(H,11,12). The van der Waals surface area contributed by atoms with Crippen LogP contribution in [0.2, 0.25) is 0 Å².